The Labute approximate surface area is 167 Å². The van der Waals surface area contributed by atoms with Crippen molar-refractivity contribution >= 4 is 29.4 Å². The predicted molar refractivity (Wildman–Crippen MR) is 107 cm³/mol. The lowest BCUT2D eigenvalue weighted by atomic mass is 10.2. The topological polar surface area (TPSA) is 103 Å². The number of hydrazone groups is 1. The molecule has 9 heteroatoms. The zero-order chi connectivity index (χ0) is 20.5. The molecule has 0 spiro atoms. The van der Waals surface area contributed by atoms with Crippen LogP contribution in [0.15, 0.2) is 41.5 Å². The molecule has 2 rings (SSSR count). The Balaban J connectivity index is 2.10. The van der Waals surface area contributed by atoms with Gasteiger partial charge in [0.25, 0.3) is 11.6 Å². The van der Waals surface area contributed by atoms with Crippen molar-refractivity contribution in [2.45, 2.75) is 20.3 Å². The fraction of sp³-hybridized carbons (Fsp3) is 0.263. The Morgan fingerprint density at radius 2 is 1.96 bits per heavy atom. The monoisotopic (exact) mass is 405 g/mol. The van der Waals surface area contributed by atoms with E-state index >= 15 is 0 Å². The number of rotatable bonds is 9. The molecule has 0 unspecified atom stereocenters. The van der Waals surface area contributed by atoms with Crippen LogP contribution in [0.25, 0.3) is 0 Å². The molecule has 0 bridgehead atoms. The summed E-state index contributed by atoms with van der Waals surface area (Å²) in [6, 6.07) is 8.57. The van der Waals surface area contributed by atoms with Crippen LogP contribution in [0, 0.1) is 10.1 Å². The molecular weight excluding hydrogens is 386 g/mol. The molecular formula is C19H20ClN3O5. The summed E-state index contributed by atoms with van der Waals surface area (Å²) in [5, 5.41) is 14.9. The lowest BCUT2D eigenvalue weighted by Gasteiger charge is -2.13. The number of nitro groups is 1. The van der Waals surface area contributed by atoms with Crippen molar-refractivity contribution < 1.29 is 19.2 Å². The van der Waals surface area contributed by atoms with Crippen LogP contribution in [-0.4, -0.2) is 30.3 Å². The Hall–Kier alpha value is -3.13. The first-order valence-electron chi connectivity index (χ1n) is 8.63. The third-order valence-electron chi connectivity index (χ3n) is 3.50. The number of non-ortho nitro benzene ring substituents is 1. The molecule has 0 aliphatic carbocycles. The van der Waals surface area contributed by atoms with Gasteiger partial charge in [-0.25, -0.2) is 5.43 Å². The molecule has 28 heavy (non-hydrogen) atoms. The van der Waals surface area contributed by atoms with Crippen molar-refractivity contribution in [1.29, 1.82) is 0 Å². The van der Waals surface area contributed by atoms with Crippen molar-refractivity contribution in [2.24, 2.45) is 5.10 Å². The van der Waals surface area contributed by atoms with E-state index in [-0.39, 0.29) is 11.3 Å². The molecule has 0 fully saturated rings. The highest BCUT2D eigenvalue weighted by atomic mass is 35.5. The largest absolute Gasteiger partial charge is 0.490 e. The van der Waals surface area contributed by atoms with Gasteiger partial charge in [0.2, 0.25) is 0 Å². The number of nitrogens with zero attached hydrogens (tertiary/aromatic N) is 2. The summed E-state index contributed by atoms with van der Waals surface area (Å²) < 4.78 is 11.2. The molecule has 1 amide bonds. The maximum absolute atomic E-state index is 12.1. The minimum absolute atomic E-state index is 0.0940. The molecule has 0 aromatic heterocycles. The van der Waals surface area contributed by atoms with Gasteiger partial charge in [0.1, 0.15) is 0 Å². The molecule has 2 aromatic rings. The summed E-state index contributed by atoms with van der Waals surface area (Å²) in [6.45, 7) is 4.79. The highest BCUT2D eigenvalue weighted by Crippen LogP contribution is 2.36. The Bertz CT molecular complexity index is 869. The van der Waals surface area contributed by atoms with Crippen LogP contribution in [0.3, 0.4) is 0 Å². The average Bonchev–Trinajstić information content (AvgIpc) is 2.67. The standard InChI is InChI=1S/C19H20ClN3O5/c1-3-9-28-18-16(20)10-13(11-17(18)27-4-2)12-21-22-19(24)14-5-7-15(8-6-14)23(25)26/h5-8,10-12H,3-4,9H2,1-2H3,(H,22,24)/b21-12+. The van der Waals surface area contributed by atoms with E-state index in [1.807, 2.05) is 13.8 Å². The lowest BCUT2D eigenvalue weighted by molar-refractivity contribution is -0.384. The van der Waals surface area contributed by atoms with Crippen LogP contribution in [0.4, 0.5) is 5.69 Å². The van der Waals surface area contributed by atoms with Gasteiger partial charge in [-0.2, -0.15) is 5.10 Å². The highest BCUT2D eigenvalue weighted by molar-refractivity contribution is 6.32. The maximum atomic E-state index is 12.1. The zero-order valence-electron chi connectivity index (χ0n) is 15.5. The SMILES string of the molecule is CCCOc1c(Cl)cc(/C=N/NC(=O)c2ccc([N+](=O)[O-])cc2)cc1OCC. The van der Waals surface area contributed by atoms with Crippen LogP contribution in [0.1, 0.15) is 36.2 Å². The normalized spacial score (nSPS) is 10.7. The summed E-state index contributed by atoms with van der Waals surface area (Å²) in [5.74, 6) is 0.467. The molecule has 0 radical (unpaired) electrons. The minimum Gasteiger partial charge on any atom is -0.490 e. The van der Waals surface area contributed by atoms with Gasteiger partial charge in [0.05, 0.1) is 29.4 Å². The second-order valence-electron chi connectivity index (χ2n) is 5.61. The molecule has 0 heterocycles. The van der Waals surface area contributed by atoms with Gasteiger partial charge in [0, 0.05) is 17.7 Å². The second kappa shape index (κ2) is 10.3. The number of amides is 1. The molecule has 0 aliphatic heterocycles. The van der Waals surface area contributed by atoms with Crippen molar-refractivity contribution in [1.82, 2.24) is 5.43 Å². The summed E-state index contributed by atoms with van der Waals surface area (Å²) in [5.41, 5.74) is 3.13. The number of benzene rings is 2. The zero-order valence-corrected chi connectivity index (χ0v) is 16.2. The van der Waals surface area contributed by atoms with Crippen molar-refractivity contribution in [3.8, 4) is 11.5 Å². The smallest absolute Gasteiger partial charge is 0.271 e. The number of nitrogens with one attached hydrogen (secondary N) is 1. The van der Waals surface area contributed by atoms with Gasteiger partial charge in [-0.15, -0.1) is 0 Å². The van der Waals surface area contributed by atoms with E-state index in [9.17, 15) is 14.9 Å². The van der Waals surface area contributed by atoms with Crippen molar-refractivity contribution in [3.63, 3.8) is 0 Å². The Morgan fingerprint density at radius 3 is 2.57 bits per heavy atom. The van der Waals surface area contributed by atoms with E-state index in [1.165, 1.54) is 30.5 Å². The van der Waals surface area contributed by atoms with E-state index in [0.29, 0.717) is 35.3 Å². The molecule has 148 valence electrons. The third-order valence-corrected chi connectivity index (χ3v) is 3.78. The van der Waals surface area contributed by atoms with Crippen LogP contribution in [-0.2, 0) is 0 Å². The van der Waals surface area contributed by atoms with Gasteiger partial charge < -0.3 is 9.47 Å². The highest BCUT2D eigenvalue weighted by Gasteiger charge is 2.12. The molecule has 0 atom stereocenters. The van der Waals surface area contributed by atoms with E-state index in [0.717, 1.165) is 6.42 Å². The number of hydrogen-bond donors (Lipinski definition) is 1. The second-order valence-corrected chi connectivity index (χ2v) is 6.02. The average molecular weight is 406 g/mol. The molecule has 0 saturated carbocycles. The number of ether oxygens (including phenoxy) is 2. The van der Waals surface area contributed by atoms with Crippen LogP contribution >= 0.6 is 11.6 Å². The van der Waals surface area contributed by atoms with E-state index in [4.69, 9.17) is 21.1 Å². The third kappa shape index (κ3) is 5.68. The molecule has 1 N–H and O–H groups in total. The van der Waals surface area contributed by atoms with Gasteiger partial charge in [0.15, 0.2) is 11.5 Å². The number of carbonyl (C=O) groups excluding carboxylic acids is 1. The lowest BCUT2D eigenvalue weighted by Crippen LogP contribution is -2.17. The van der Waals surface area contributed by atoms with Crippen molar-refractivity contribution in [3.05, 3.63) is 62.7 Å². The molecule has 0 saturated heterocycles. The number of carbonyl (C=O) groups is 1. The fourth-order valence-electron chi connectivity index (χ4n) is 2.23. The minimum atomic E-state index is -0.534. The van der Waals surface area contributed by atoms with Crippen LogP contribution in [0.2, 0.25) is 5.02 Å². The number of hydrogen-bond acceptors (Lipinski definition) is 6. The summed E-state index contributed by atoms with van der Waals surface area (Å²) in [6.07, 6.45) is 2.25. The maximum Gasteiger partial charge on any atom is 0.271 e. The molecule has 2 aromatic carbocycles. The predicted octanol–water partition coefficient (Wildman–Crippen LogP) is 4.20. The molecule has 0 aliphatic rings. The summed E-state index contributed by atoms with van der Waals surface area (Å²) in [7, 11) is 0. The molecule has 8 nitrogen and oxygen atoms in total. The van der Waals surface area contributed by atoms with E-state index < -0.39 is 10.8 Å². The number of halogens is 1. The van der Waals surface area contributed by atoms with Gasteiger partial charge >= 0.3 is 0 Å². The fourth-order valence-corrected chi connectivity index (χ4v) is 2.51. The van der Waals surface area contributed by atoms with Gasteiger partial charge in [-0.1, -0.05) is 18.5 Å². The first-order chi connectivity index (χ1) is 13.5. The van der Waals surface area contributed by atoms with E-state index in [1.54, 1.807) is 12.1 Å². The van der Waals surface area contributed by atoms with Gasteiger partial charge in [-0.3, -0.25) is 14.9 Å². The van der Waals surface area contributed by atoms with Crippen LogP contribution < -0.4 is 14.9 Å². The first-order valence-corrected chi connectivity index (χ1v) is 9.01. The first kappa shape index (κ1) is 21.2. The Kier molecular flexibility index (Phi) is 7.76. The Morgan fingerprint density at radius 1 is 1.25 bits per heavy atom. The number of nitro benzene ring substituents is 1. The summed E-state index contributed by atoms with van der Waals surface area (Å²) >= 11 is 6.27. The van der Waals surface area contributed by atoms with Crippen LogP contribution in [0.5, 0.6) is 11.5 Å². The van der Waals surface area contributed by atoms with Gasteiger partial charge in [-0.05, 0) is 43.2 Å². The van der Waals surface area contributed by atoms with E-state index in [2.05, 4.69) is 10.5 Å². The summed E-state index contributed by atoms with van der Waals surface area (Å²) in [4.78, 5) is 22.2. The van der Waals surface area contributed by atoms with Crippen molar-refractivity contribution in [2.75, 3.05) is 13.2 Å². The quantitative estimate of drug-likeness (QED) is 0.382.